The number of thiocarbonyl (C=S) groups is 1. The molecule has 14 heavy (non-hydrogen) atoms. The summed E-state index contributed by atoms with van der Waals surface area (Å²) in [5.41, 5.74) is 5.12. The first kappa shape index (κ1) is 13.2. The highest BCUT2D eigenvalue weighted by atomic mass is 32.1. The van der Waals surface area contributed by atoms with Crippen molar-refractivity contribution in [2.75, 3.05) is 19.8 Å². The zero-order valence-corrected chi connectivity index (χ0v) is 8.28. The molecule has 0 aromatic carbocycles. The molecule has 0 aromatic rings. The zero-order chi connectivity index (χ0) is 11.0. The van der Waals surface area contributed by atoms with E-state index < -0.39 is 13.0 Å². The maximum atomic E-state index is 11.6. The predicted molar refractivity (Wildman–Crippen MR) is 51.2 cm³/mol. The first-order chi connectivity index (χ1) is 6.52. The SMILES string of the molecule is NC(=S)CNC(=O)CCOCC(F)F. The number of ether oxygens (including phenoxy) is 1. The molecule has 0 aliphatic rings. The maximum Gasteiger partial charge on any atom is 0.261 e. The molecule has 1 amide bonds. The van der Waals surface area contributed by atoms with E-state index in [0.717, 1.165) is 0 Å². The van der Waals surface area contributed by atoms with E-state index >= 15 is 0 Å². The van der Waals surface area contributed by atoms with Crippen LogP contribution in [0.25, 0.3) is 0 Å². The molecule has 0 aromatic heterocycles. The van der Waals surface area contributed by atoms with Crippen LogP contribution in [0, 0.1) is 0 Å². The predicted octanol–water partition coefficient (Wildman–Crippen LogP) is 0.0605. The van der Waals surface area contributed by atoms with Gasteiger partial charge in [0.2, 0.25) is 5.91 Å². The number of nitrogens with two attached hydrogens (primary N) is 1. The van der Waals surface area contributed by atoms with Gasteiger partial charge in [-0.25, -0.2) is 8.78 Å². The second kappa shape index (κ2) is 7.57. The molecule has 0 rings (SSSR count). The number of halogens is 2. The van der Waals surface area contributed by atoms with Gasteiger partial charge in [-0.2, -0.15) is 0 Å². The Morgan fingerprint density at radius 3 is 2.71 bits per heavy atom. The van der Waals surface area contributed by atoms with Crippen molar-refractivity contribution >= 4 is 23.1 Å². The lowest BCUT2D eigenvalue weighted by Gasteiger charge is -2.04. The molecule has 0 atom stereocenters. The van der Waals surface area contributed by atoms with Crippen LogP contribution in [0.15, 0.2) is 0 Å². The highest BCUT2D eigenvalue weighted by molar-refractivity contribution is 7.80. The van der Waals surface area contributed by atoms with E-state index in [1.807, 2.05) is 0 Å². The van der Waals surface area contributed by atoms with Gasteiger partial charge in [-0.1, -0.05) is 12.2 Å². The highest BCUT2D eigenvalue weighted by Gasteiger charge is 2.04. The van der Waals surface area contributed by atoms with Crippen LogP contribution >= 0.6 is 12.2 Å². The van der Waals surface area contributed by atoms with E-state index in [1.165, 1.54) is 0 Å². The molecule has 0 aliphatic carbocycles. The molecule has 0 saturated heterocycles. The molecular formula is C7H12F2N2O2S. The van der Waals surface area contributed by atoms with Crippen molar-refractivity contribution in [1.29, 1.82) is 0 Å². The fourth-order valence-electron chi connectivity index (χ4n) is 0.611. The van der Waals surface area contributed by atoms with Gasteiger partial charge in [0.05, 0.1) is 18.1 Å². The summed E-state index contributed by atoms with van der Waals surface area (Å²) in [4.78, 5) is 11.1. The summed E-state index contributed by atoms with van der Waals surface area (Å²) in [5.74, 6) is -0.327. The monoisotopic (exact) mass is 226 g/mol. The van der Waals surface area contributed by atoms with Gasteiger partial charge in [0, 0.05) is 6.42 Å². The molecule has 3 N–H and O–H groups in total. The Balaban J connectivity index is 3.31. The third-order valence-electron chi connectivity index (χ3n) is 1.18. The van der Waals surface area contributed by atoms with Crippen molar-refractivity contribution in [2.24, 2.45) is 5.73 Å². The third-order valence-corrected chi connectivity index (χ3v) is 1.32. The summed E-state index contributed by atoms with van der Waals surface area (Å²) < 4.78 is 27.6. The smallest absolute Gasteiger partial charge is 0.261 e. The fourth-order valence-corrected chi connectivity index (χ4v) is 0.684. The molecular weight excluding hydrogens is 214 g/mol. The Labute approximate surface area is 85.8 Å². The number of nitrogens with one attached hydrogen (secondary N) is 1. The number of carbonyl (C=O) groups excluding carboxylic acids is 1. The van der Waals surface area contributed by atoms with Gasteiger partial charge in [-0.3, -0.25) is 4.79 Å². The van der Waals surface area contributed by atoms with Gasteiger partial charge < -0.3 is 15.8 Å². The van der Waals surface area contributed by atoms with Gasteiger partial charge in [0.15, 0.2) is 0 Å². The largest absolute Gasteiger partial charge is 0.392 e. The molecule has 0 spiro atoms. The standard InChI is InChI=1S/C7H12F2N2O2S/c8-5(9)4-13-2-1-7(12)11-3-6(10)14/h5H,1-4H2,(H2,10,14)(H,11,12). The number of carbonyl (C=O) groups is 1. The molecule has 0 saturated carbocycles. The lowest BCUT2D eigenvalue weighted by atomic mass is 10.4. The maximum absolute atomic E-state index is 11.6. The van der Waals surface area contributed by atoms with Gasteiger partial charge in [-0.15, -0.1) is 0 Å². The summed E-state index contributed by atoms with van der Waals surface area (Å²) in [6, 6.07) is 0. The van der Waals surface area contributed by atoms with Crippen molar-refractivity contribution < 1.29 is 18.3 Å². The lowest BCUT2D eigenvalue weighted by Crippen LogP contribution is -2.32. The quantitative estimate of drug-likeness (QED) is 0.476. The number of hydrogen-bond acceptors (Lipinski definition) is 3. The molecule has 4 nitrogen and oxygen atoms in total. The van der Waals surface area contributed by atoms with E-state index in [2.05, 4.69) is 22.3 Å². The first-order valence-electron chi connectivity index (χ1n) is 3.93. The average molecular weight is 226 g/mol. The zero-order valence-electron chi connectivity index (χ0n) is 7.46. The normalized spacial score (nSPS) is 10.2. The molecule has 0 heterocycles. The van der Waals surface area contributed by atoms with Crippen molar-refractivity contribution in [2.45, 2.75) is 12.8 Å². The van der Waals surface area contributed by atoms with Crippen LogP contribution in [-0.4, -0.2) is 37.1 Å². The average Bonchev–Trinajstić information content (AvgIpc) is 2.08. The molecule has 7 heteroatoms. The number of alkyl halides is 2. The molecule has 0 unspecified atom stereocenters. The van der Waals surface area contributed by atoms with Crippen LogP contribution in [0.5, 0.6) is 0 Å². The van der Waals surface area contributed by atoms with Crippen LogP contribution in [-0.2, 0) is 9.53 Å². The minimum absolute atomic E-state index is 0.0231. The van der Waals surface area contributed by atoms with Crippen molar-refractivity contribution in [1.82, 2.24) is 5.32 Å². The number of rotatable bonds is 7. The Hall–Kier alpha value is -0.820. The summed E-state index contributed by atoms with van der Waals surface area (Å²) in [7, 11) is 0. The van der Waals surface area contributed by atoms with Crippen LogP contribution in [0.3, 0.4) is 0 Å². The van der Waals surface area contributed by atoms with Gasteiger partial charge in [0.1, 0.15) is 6.61 Å². The minimum atomic E-state index is -2.50. The minimum Gasteiger partial charge on any atom is -0.392 e. The van der Waals surface area contributed by atoms with Crippen molar-refractivity contribution in [3.63, 3.8) is 0 Å². The molecule has 82 valence electrons. The first-order valence-corrected chi connectivity index (χ1v) is 4.34. The van der Waals surface area contributed by atoms with Crippen LogP contribution in [0.2, 0.25) is 0 Å². The number of amides is 1. The van der Waals surface area contributed by atoms with E-state index in [9.17, 15) is 13.6 Å². The number of hydrogen-bond donors (Lipinski definition) is 2. The lowest BCUT2D eigenvalue weighted by molar-refractivity contribution is -0.122. The van der Waals surface area contributed by atoms with Crippen molar-refractivity contribution in [3.05, 3.63) is 0 Å². The van der Waals surface area contributed by atoms with Gasteiger partial charge in [0.25, 0.3) is 6.43 Å². The van der Waals surface area contributed by atoms with Crippen LogP contribution < -0.4 is 11.1 Å². The Bertz CT molecular complexity index is 202. The third kappa shape index (κ3) is 9.27. The van der Waals surface area contributed by atoms with Gasteiger partial charge >= 0.3 is 0 Å². The van der Waals surface area contributed by atoms with Gasteiger partial charge in [-0.05, 0) is 0 Å². The molecule has 0 radical (unpaired) electrons. The fraction of sp³-hybridized carbons (Fsp3) is 0.714. The Morgan fingerprint density at radius 2 is 2.21 bits per heavy atom. The molecule has 0 bridgehead atoms. The highest BCUT2D eigenvalue weighted by Crippen LogP contribution is 1.93. The van der Waals surface area contributed by atoms with E-state index in [4.69, 9.17) is 5.73 Å². The molecule has 0 fully saturated rings. The van der Waals surface area contributed by atoms with E-state index in [0.29, 0.717) is 0 Å². The topological polar surface area (TPSA) is 64.3 Å². The second-order valence-corrected chi connectivity index (χ2v) is 2.98. The second-order valence-electron chi connectivity index (χ2n) is 2.46. The summed E-state index contributed by atoms with van der Waals surface area (Å²) >= 11 is 4.52. The van der Waals surface area contributed by atoms with Crippen molar-refractivity contribution in [3.8, 4) is 0 Å². The van der Waals surface area contributed by atoms with Crippen LogP contribution in [0.4, 0.5) is 8.78 Å². The van der Waals surface area contributed by atoms with E-state index in [1.54, 1.807) is 0 Å². The molecule has 0 aliphatic heterocycles. The summed E-state index contributed by atoms with van der Waals surface area (Å²) in [6.45, 7) is -0.570. The Kier molecular flexibility index (Phi) is 7.13. The van der Waals surface area contributed by atoms with E-state index in [-0.39, 0.29) is 30.5 Å². The summed E-state index contributed by atoms with van der Waals surface area (Å²) in [6.07, 6.45) is -2.48. The van der Waals surface area contributed by atoms with Crippen LogP contribution in [0.1, 0.15) is 6.42 Å². The Morgan fingerprint density at radius 1 is 1.57 bits per heavy atom. The summed E-state index contributed by atoms with van der Waals surface area (Å²) in [5, 5.41) is 2.40.